The standard InChI is InChI=1S/C14H9Cl2NO/c15-14(16)11-8-4-5-9-12(11)17(13(14)18)10-6-2-1-3-7-10/h1-9H. The third kappa shape index (κ3) is 1.53. The van der Waals surface area contributed by atoms with Gasteiger partial charge in [0, 0.05) is 11.3 Å². The topological polar surface area (TPSA) is 20.3 Å². The van der Waals surface area contributed by atoms with E-state index in [1.54, 1.807) is 11.0 Å². The average molecular weight is 278 g/mol. The van der Waals surface area contributed by atoms with Crippen LogP contribution < -0.4 is 4.90 Å². The molecule has 0 fully saturated rings. The smallest absolute Gasteiger partial charge is 0.272 e. The highest BCUT2D eigenvalue weighted by molar-refractivity contribution is 6.60. The SMILES string of the molecule is O=C1N(c2ccccc2)c2ccccc2C1(Cl)Cl. The molecule has 3 rings (SSSR count). The Morgan fingerprint density at radius 2 is 1.50 bits per heavy atom. The number of fused-ring (bicyclic) bond motifs is 1. The molecule has 0 saturated heterocycles. The molecule has 1 amide bonds. The molecule has 0 aliphatic carbocycles. The minimum absolute atomic E-state index is 0.335. The van der Waals surface area contributed by atoms with Gasteiger partial charge in [0.05, 0.1) is 5.69 Å². The molecule has 1 aliphatic heterocycles. The van der Waals surface area contributed by atoms with Gasteiger partial charge < -0.3 is 0 Å². The highest BCUT2D eigenvalue weighted by Gasteiger charge is 2.48. The van der Waals surface area contributed by atoms with Crippen molar-refractivity contribution in [3.05, 3.63) is 60.2 Å². The molecule has 0 saturated carbocycles. The third-order valence-corrected chi connectivity index (χ3v) is 3.70. The van der Waals surface area contributed by atoms with Crippen LogP contribution in [0.4, 0.5) is 11.4 Å². The Morgan fingerprint density at radius 1 is 0.889 bits per heavy atom. The molecular weight excluding hydrogens is 269 g/mol. The van der Waals surface area contributed by atoms with Gasteiger partial charge in [0.2, 0.25) is 4.33 Å². The number of benzene rings is 2. The van der Waals surface area contributed by atoms with E-state index in [-0.39, 0.29) is 5.91 Å². The zero-order chi connectivity index (χ0) is 12.8. The summed E-state index contributed by atoms with van der Waals surface area (Å²) in [6.07, 6.45) is 0. The van der Waals surface area contributed by atoms with E-state index in [1.807, 2.05) is 48.5 Å². The van der Waals surface area contributed by atoms with Crippen molar-refractivity contribution in [1.29, 1.82) is 0 Å². The molecule has 4 heteroatoms. The van der Waals surface area contributed by atoms with Gasteiger partial charge in [-0.25, -0.2) is 0 Å². The van der Waals surface area contributed by atoms with E-state index < -0.39 is 4.33 Å². The number of amides is 1. The number of carbonyl (C=O) groups excluding carboxylic acids is 1. The number of carbonyl (C=O) groups is 1. The lowest BCUT2D eigenvalue weighted by molar-refractivity contribution is -0.118. The molecule has 1 heterocycles. The fourth-order valence-corrected chi connectivity index (χ4v) is 2.62. The molecule has 0 radical (unpaired) electrons. The lowest BCUT2D eigenvalue weighted by Crippen LogP contribution is -2.29. The fourth-order valence-electron chi connectivity index (χ4n) is 2.13. The Bertz CT molecular complexity index is 610. The molecule has 0 N–H and O–H groups in total. The summed E-state index contributed by atoms with van der Waals surface area (Å²) in [4.78, 5) is 13.9. The van der Waals surface area contributed by atoms with Crippen molar-refractivity contribution >= 4 is 40.5 Å². The quantitative estimate of drug-likeness (QED) is 0.722. The molecule has 0 atom stereocenters. The number of hydrogen-bond donors (Lipinski definition) is 0. The molecule has 0 aromatic heterocycles. The van der Waals surface area contributed by atoms with Gasteiger partial charge in [0.15, 0.2) is 0 Å². The lowest BCUT2D eigenvalue weighted by Gasteiger charge is -2.18. The van der Waals surface area contributed by atoms with Crippen molar-refractivity contribution in [2.24, 2.45) is 0 Å². The van der Waals surface area contributed by atoms with Crippen LogP contribution in [0.1, 0.15) is 5.56 Å². The summed E-state index contributed by atoms with van der Waals surface area (Å²) in [7, 11) is 0. The van der Waals surface area contributed by atoms with Crippen molar-refractivity contribution in [3.8, 4) is 0 Å². The summed E-state index contributed by atoms with van der Waals surface area (Å²) < 4.78 is -1.51. The summed E-state index contributed by atoms with van der Waals surface area (Å²) in [5, 5.41) is 0. The van der Waals surface area contributed by atoms with Gasteiger partial charge in [-0.2, -0.15) is 0 Å². The van der Waals surface area contributed by atoms with Crippen molar-refractivity contribution in [1.82, 2.24) is 0 Å². The van der Waals surface area contributed by atoms with Gasteiger partial charge >= 0.3 is 0 Å². The predicted molar refractivity (Wildman–Crippen MR) is 73.4 cm³/mol. The van der Waals surface area contributed by atoms with Crippen LogP contribution in [0.3, 0.4) is 0 Å². The first-order valence-corrected chi connectivity index (χ1v) is 6.25. The van der Waals surface area contributed by atoms with Crippen molar-refractivity contribution in [3.63, 3.8) is 0 Å². The number of nitrogens with zero attached hydrogens (tertiary/aromatic N) is 1. The first-order valence-electron chi connectivity index (χ1n) is 5.49. The second kappa shape index (κ2) is 4.01. The number of para-hydroxylation sites is 2. The normalized spacial score (nSPS) is 16.8. The average Bonchev–Trinajstić information content (AvgIpc) is 2.60. The molecule has 0 spiro atoms. The minimum Gasteiger partial charge on any atom is -0.278 e. The van der Waals surface area contributed by atoms with Crippen LogP contribution in [0.25, 0.3) is 0 Å². The van der Waals surface area contributed by atoms with Crippen LogP contribution in [0.15, 0.2) is 54.6 Å². The van der Waals surface area contributed by atoms with Crippen LogP contribution >= 0.6 is 23.2 Å². The van der Waals surface area contributed by atoms with Gasteiger partial charge in [0.25, 0.3) is 5.91 Å². The van der Waals surface area contributed by atoms with E-state index in [9.17, 15) is 4.79 Å². The molecule has 2 aromatic carbocycles. The van der Waals surface area contributed by atoms with Gasteiger partial charge in [-0.15, -0.1) is 0 Å². The molecule has 2 nitrogen and oxygen atoms in total. The molecule has 0 unspecified atom stereocenters. The largest absolute Gasteiger partial charge is 0.278 e. The highest BCUT2D eigenvalue weighted by atomic mass is 35.5. The fraction of sp³-hybridized carbons (Fsp3) is 0.0714. The number of alkyl halides is 2. The monoisotopic (exact) mass is 277 g/mol. The molecule has 90 valence electrons. The summed E-state index contributed by atoms with van der Waals surface area (Å²) in [6.45, 7) is 0. The van der Waals surface area contributed by atoms with Crippen molar-refractivity contribution in [2.75, 3.05) is 4.90 Å². The zero-order valence-corrected chi connectivity index (χ0v) is 10.8. The summed E-state index contributed by atoms with van der Waals surface area (Å²) >= 11 is 12.3. The van der Waals surface area contributed by atoms with Crippen LogP contribution in [-0.2, 0) is 9.13 Å². The van der Waals surface area contributed by atoms with E-state index in [1.165, 1.54) is 0 Å². The minimum atomic E-state index is -1.51. The summed E-state index contributed by atoms with van der Waals surface area (Å²) in [6, 6.07) is 16.6. The number of anilines is 2. The van der Waals surface area contributed by atoms with Crippen molar-refractivity contribution in [2.45, 2.75) is 4.33 Å². The molecule has 0 bridgehead atoms. The maximum Gasteiger partial charge on any atom is 0.272 e. The number of hydrogen-bond acceptors (Lipinski definition) is 1. The van der Waals surface area contributed by atoms with Gasteiger partial charge in [0.1, 0.15) is 0 Å². The van der Waals surface area contributed by atoms with E-state index in [4.69, 9.17) is 23.2 Å². The van der Waals surface area contributed by atoms with Crippen LogP contribution in [0.5, 0.6) is 0 Å². The Balaban J connectivity index is 2.21. The lowest BCUT2D eigenvalue weighted by atomic mass is 10.1. The van der Waals surface area contributed by atoms with E-state index >= 15 is 0 Å². The van der Waals surface area contributed by atoms with E-state index in [0.29, 0.717) is 5.56 Å². The third-order valence-electron chi connectivity index (χ3n) is 2.97. The van der Waals surface area contributed by atoms with E-state index in [0.717, 1.165) is 11.4 Å². The Kier molecular flexibility index (Phi) is 2.58. The summed E-state index contributed by atoms with van der Waals surface area (Å²) in [5.74, 6) is -0.335. The second-order valence-electron chi connectivity index (χ2n) is 4.07. The Morgan fingerprint density at radius 3 is 2.22 bits per heavy atom. The summed E-state index contributed by atoms with van der Waals surface area (Å²) in [5.41, 5.74) is 2.12. The molecule has 18 heavy (non-hydrogen) atoms. The maximum atomic E-state index is 12.3. The maximum absolute atomic E-state index is 12.3. The number of halogens is 2. The zero-order valence-electron chi connectivity index (χ0n) is 9.31. The highest BCUT2D eigenvalue weighted by Crippen LogP contribution is 2.50. The molecule has 1 aliphatic rings. The number of rotatable bonds is 1. The Hall–Kier alpha value is -1.51. The van der Waals surface area contributed by atoms with Crippen LogP contribution in [0.2, 0.25) is 0 Å². The first kappa shape index (κ1) is 11.6. The van der Waals surface area contributed by atoms with Crippen molar-refractivity contribution < 1.29 is 4.79 Å². The van der Waals surface area contributed by atoms with E-state index in [2.05, 4.69) is 0 Å². The van der Waals surface area contributed by atoms with Gasteiger partial charge in [-0.05, 0) is 18.2 Å². The molecule has 2 aromatic rings. The van der Waals surface area contributed by atoms with Crippen LogP contribution in [-0.4, -0.2) is 5.91 Å². The predicted octanol–water partition coefficient (Wildman–Crippen LogP) is 4.00. The van der Waals surface area contributed by atoms with Crippen LogP contribution in [0, 0.1) is 0 Å². The first-order chi connectivity index (χ1) is 8.62. The van der Waals surface area contributed by atoms with Gasteiger partial charge in [-0.3, -0.25) is 9.69 Å². The molecular formula is C14H9Cl2NO. The second-order valence-corrected chi connectivity index (χ2v) is 5.40. The Labute approximate surface area is 115 Å². The van der Waals surface area contributed by atoms with Gasteiger partial charge in [-0.1, -0.05) is 59.6 Å².